The molecular weight excluding hydrogens is 261 g/mol. The first-order chi connectivity index (χ1) is 9.20. The van der Waals surface area contributed by atoms with Crippen LogP contribution in [-0.4, -0.2) is 13.7 Å². The second-order valence-electron chi connectivity index (χ2n) is 4.45. The zero-order valence-electron chi connectivity index (χ0n) is 11.2. The van der Waals surface area contributed by atoms with Crippen molar-refractivity contribution in [3.63, 3.8) is 0 Å². The SMILES string of the molecule is COc1cc(C(C)NCCc2ccsc2)ccc1F. The molecule has 1 atom stereocenters. The Morgan fingerprint density at radius 2 is 2.21 bits per heavy atom. The summed E-state index contributed by atoms with van der Waals surface area (Å²) in [6.45, 7) is 2.97. The average molecular weight is 279 g/mol. The number of thiophene rings is 1. The van der Waals surface area contributed by atoms with Crippen LogP contribution in [0.1, 0.15) is 24.1 Å². The third-order valence-electron chi connectivity index (χ3n) is 3.12. The molecule has 0 radical (unpaired) electrons. The molecule has 2 aromatic rings. The number of hydrogen-bond donors (Lipinski definition) is 1. The number of rotatable bonds is 6. The second-order valence-corrected chi connectivity index (χ2v) is 5.23. The van der Waals surface area contributed by atoms with Gasteiger partial charge < -0.3 is 10.1 Å². The Balaban J connectivity index is 1.90. The van der Waals surface area contributed by atoms with E-state index in [0.717, 1.165) is 18.5 Å². The molecule has 2 nitrogen and oxygen atoms in total. The maximum absolute atomic E-state index is 13.3. The first-order valence-electron chi connectivity index (χ1n) is 6.28. The van der Waals surface area contributed by atoms with Crippen molar-refractivity contribution in [3.05, 3.63) is 52.0 Å². The zero-order valence-corrected chi connectivity index (χ0v) is 12.0. The summed E-state index contributed by atoms with van der Waals surface area (Å²) in [5.41, 5.74) is 2.38. The molecule has 0 amide bonds. The van der Waals surface area contributed by atoms with Crippen molar-refractivity contribution in [3.8, 4) is 5.75 Å². The molecule has 4 heteroatoms. The first-order valence-corrected chi connectivity index (χ1v) is 7.23. The van der Waals surface area contributed by atoms with Crippen LogP contribution in [0.15, 0.2) is 35.0 Å². The van der Waals surface area contributed by atoms with E-state index in [1.54, 1.807) is 23.5 Å². The molecule has 0 bridgehead atoms. The van der Waals surface area contributed by atoms with Gasteiger partial charge in [0.15, 0.2) is 11.6 Å². The minimum atomic E-state index is -0.322. The van der Waals surface area contributed by atoms with Crippen LogP contribution in [0.25, 0.3) is 0 Å². The molecule has 1 aromatic heterocycles. The molecular formula is C15H18FNOS. The number of nitrogens with one attached hydrogen (secondary N) is 1. The Kier molecular flexibility index (Phi) is 4.93. The Bertz CT molecular complexity index is 513. The number of benzene rings is 1. The van der Waals surface area contributed by atoms with Gasteiger partial charge >= 0.3 is 0 Å². The van der Waals surface area contributed by atoms with E-state index in [1.807, 2.05) is 0 Å². The summed E-state index contributed by atoms with van der Waals surface area (Å²) in [6, 6.07) is 7.30. The highest BCUT2D eigenvalue weighted by Crippen LogP contribution is 2.22. The summed E-state index contributed by atoms with van der Waals surface area (Å²) in [5, 5.41) is 7.68. The first kappa shape index (κ1) is 14.0. The zero-order chi connectivity index (χ0) is 13.7. The summed E-state index contributed by atoms with van der Waals surface area (Å²) >= 11 is 1.72. The number of halogens is 1. The molecule has 19 heavy (non-hydrogen) atoms. The molecule has 0 spiro atoms. The second kappa shape index (κ2) is 6.68. The lowest BCUT2D eigenvalue weighted by atomic mass is 10.1. The maximum Gasteiger partial charge on any atom is 0.165 e. The van der Waals surface area contributed by atoms with E-state index in [2.05, 4.69) is 29.1 Å². The molecule has 1 unspecified atom stereocenters. The lowest BCUT2D eigenvalue weighted by Gasteiger charge is -2.15. The van der Waals surface area contributed by atoms with Crippen LogP contribution in [0, 0.1) is 5.82 Å². The van der Waals surface area contributed by atoms with Crippen molar-refractivity contribution in [2.75, 3.05) is 13.7 Å². The largest absolute Gasteiger partial charge is 0.494 e. The van der Waals surface area contributed by atoms with Crippen LogP contribution in [0.4, 0.5) is 4.39 Å². The van der Waals surface area contributed by atoms with E-state index in [9.17, 15) is 4.39 Å². The van der Waals surface area contributed by atoms with Crippen molar-refractivity contribution >= 4 is 11.3 Å². The van der Waals surface area contributed by atoms with Gasteiger partial charge in [-0.05, 0) is 60.0 Å². The molecule has 0 saturated carbocycles. The summed E-state index contributed by atoms with van der Waals surface area (Å²) in [6.07, 6.45) is 1.01. The molecule has 1 aromatic carbocycles. The van der Waals surface area contributed by atoms with E-state index in [4.69, 9.17) is 4.74 Å². The Morgan fingerprint density at radius 3 is 2.89 bits per heavy atom. The van der Waals surface area contributed by atoms with Gasteiger partial charge in [0.25, 0.3) is 0 Å². The van der Waals surface area contributed by atoms with Crippen LogP contribution in [0.2, 0.25) is 0 Å². The van der Waals surface area contributed by atoms with Gasteiger partial charge in [0.2, 0.25) is 0 Å². The topological polar surface area (TPSA) is 21.3 Å². The number of methoxy groups -OCH3 is 1. The average Bonchev–Trinajstić information content (AvgIpc) is 2.92. The van der Waals surface area contributed by atoms with Crippen molar-refractivity contribution in [1.29, 1.82) is 0 Å². The van der Waals surface area contributed by atoms with Gasteiger partial charge in [-0.15, -0.1) is 0 Å². The molecule has 2 rings (SSSR count). The van der Waals surface area contributed by atoms with E-state index in [1.165, 1.54) is 18.7 Å². The van der Waals surface area contributed by atoms with E-state index < -0.39 is 0 Å². The summed E-state index contributed by atoms with van der Waals surface area (Å²) in [5.74, 6) is -0.0271. The summed E-state index contributed by atoms with van der Waals surface area (Å²) in [7, 11) is 1.48. The lowest BCUT2D eigenvalue weighted by Crippen LogP contribution is -2.21. The van der Waals surface area contributed by atoms with Crippen molar-refractivity contribution in [2.45, 2.75) is 19.4 Å². The van der Waals surface area contributed by atoms with Crippen LogP contribution >= 0.6 is 11.3 Å². The highest BCUT2D eigenvalue weighted by atomic mass is 32.1. The standard InChI is InChI=1S/C15H18FNOS/c1-11(17-7-5-12-6-8-19-10-12)13-3-4-14(16)15(9-13)18-2/h3-4,6,8-11,17H,5,7H2,1-2H3. The smallest absolute Gasteiger partial charge is 0.165 e. The minimum absolute atomic E-state index is 0.174. The number of ether oxygens (including phenoxy) is 1. The van der Waals surface area contributed by atoms with E-state index in [-0.39, 0.29) is 11.9 Å². The van der Waals surface area contributed by atoms with Gasteiger partial charge in [0, 0.05) is 6.04 Å². The van der Waals surface area contributed by atoms with Gasteiger partial charge in [-0.1, -0.05) is 6.07 Å². The predicted octanol–water partition coefficient (Wildman–Crippen LogP) is 3.79. The summed E-state index contributed by atoms with van der Waals surface area (Å²) in [4.78, 5) is 0. The fraction of sp³-hybridized carbons (Fsp3) is 0.333. The van der Waals surface area contributed by atoms with Crippen LogP contribution in [0.5, 0.6) is 5.75 Å². The van der Waals surface area contributed by atoms with Gasteiger partial charge in [0.05, 0.1) is 7.11 Å². The minimum Gasteiger partial charge on any atom is -0.494 e. The van der Waals surface area contributed by atoms with E-state index in [0.29, 0.717) is 5.75 Å². The Labute approximate surface area is 117 Å². The quantitative estimate of drug-likeness (QED) is 0.868. The van der Waals surface area contributed by atoms with Gasteiger partial charge in [-0.25, -0.2) is 4.39 Å². The van der Waals surface area contributed by atoms with Gasteiger partial charge in [-0.2, -0.15) is 11.3 Å². The predicted molar refractivity (Wildman–Crippen MR) is 77.4 cm³/mol. The fourth-order valence-corrected chi connectivity index (χ4v) is 2.63. The highest BCUT2D eigenvalue weighted by Gasteiger charge is 2.09. The normalized spacial score (nSPS) is 12.4. The van der Waals surface area contributed by atoms with E-state index >= 15 is 0 Å². The highest BCUT2D eigenvalue weighted by molar-refractivity contribution is 7.07. The molecule has 0 fully saturated rings. The van der Waals surface area contributed by atoms with Crippen molar-refractivity contribution in [2.24, 2.45) is 0 Å². The molecule has 102 valence electrons. The summed E-state index contributed by atoms with van der Waals surface area (Å²) < 4.78 is 18.3. The van der Waals surface area contributed by atoms with Gasteiger partial charge in [-0.3, -0.25) is 0 Å². The maximum atomic E-state index is 13.3. The molecule has 0 aliphatic heterocycles. The van der Waals surface area contributed by atoms with Crippen LogP contribution < -0.4 is 10.1 Å². The lowest BCUT2D eigenvalue weighted by molar-refractivity contribution is 0.385. The molecule has 1 heterocycles. The Morgan fingerprint density at radius 1 is 1.37 bits per heavy atom. The van der Waals surface area contributed by atoms with Crippen LogP contribution in [0.3, 0.4) is 0 Å². The Hall–Kier alpha value is -1.39. The molecule has 0 saturated heterocycles. The third kappa shape index (κ3) is 3.78. The van der Waals surface area contributed by atoms with Gasteiger partial charge in [0.1, 0.15) is 0 Å². The van der Waals surface area contributed by atoms with Crippen LogP contribution in [-0.2, 0) is 6.42 Å². The van der Waals surface area contributed by atoms with Crippen molar-refractivity contribution < 1.29 is 9.13 Å². The third-order valence-corrected chi connectivity index (χ3v) is 3.85. The van der Waals surface area contributed by atoms with Crippen molar-refractivity contribution in [1.82, 2.24) is 5.32 Å². The fourth-order valence-electron chi connectivity index (χ4n) is 1.93. The number of hydrogen-bond acceptors (Lipinski definition) is 3. The molecule has 1 N–H and O–H groups in total. The molecule has 0 aliphatic rings. The molecule has 0 aliphatic carbocycles. The monoisotopic (exact) mass is 279 g/mol.